The van der Waals surface area contributed by atoms with Crippen LogP contribution in [0.5, 0.6) is 0 Å². The van der Waals surface area contributed by atoms with Gasteiger partial charge >= 0.3 is 12.1 Å². The zero-order chi connectivity index (χ0) is 34.4. The minimum absolute atomic E-state index is 0.0546. The van der Waals surface area contributed by atoms with Crippen LogP contribution in [0.1, 0.15) is 47.1 Å². The number of aliphatic imine (C=N–C) groups is 1. The molecule has 1 unspecified atom stereocenters. The molecule has 0 bridgehead atoms. The highest BCUT2D eigenvalue weighted by molar-refractivity contribution is 5.92. The number of nitrogens with zero attached hydrogens (tertiary/aromatic N) is 2. The SMILES string of the molecule is NC(=O)C(N)c1ccc(CN(C(=O)C(c2ccccc2)c2ccccc2)[C@H](CCCN=C(N)N)C(N)=O)cc1.O=C(O)C(F)(F)F. The maximum Gasteiger partial charge on any atom is 0.490 e. The Morgan fingerprint density at radius 3 is 1.63 bits per heavy atom. The molecule has 15 heteroatoms. The first-order valence-corrected chi connectivity index (χ1v) is 13.8. The molecule has 2 atom stereocenters. The maximum absolute atomic E-state index is 14.4. The molecule has 0 aromatic heterocycles. The number of carbonyl (C=O) groups excluding carboxylic acids is 3. The van der Waals surface area contributed by atoms with Crippen LogP contribution in [-0.2, 0) is 25.7 Å². The van der Waals surface area contributed by atoms with Gasteiger partial charge in [0.15, 0.2) is 5.96 Å². The minimum Gasteiger partial charge on any atom is -0.475 e. The van der Waals surface area contributed by atoms with Crippen molar-refractivity contribution in [2.45, 2.75) is 43.6 Å². The van der Waals surface area contributed by atoms with Gasteiger partial charge in [0.05, 0.1) is 5.92 Å². The van der Waals surface area contributed by atoms with Crippen LogP contribution in [0, 0.1) is 0 Å². The monoisotopic (exact) mass is 643 g/mol. The highest BCUT2D eigenvalue weighted by atomic mass is 19.4. The van der Waals surface area contributed by atoms with Crippen molar-refractivity contribution in [3.05, 3.63) is 107 Å². The third-order valence-corrected chi connectivity index (χ3v) is 6.67. The molecule has 3 aromatic carbocycles. The highest BCUT2D eigenvalue weighted by Gasteiger charge is 2.38. The van der Waals surface area contributed by atoms with E-state index in [9.17, 15) is 27.6 Å². The van der Waals surface area contributed by atoms with Crippen molar-refractivity contribution in [3.63, 3.8) is 0 Å². The second-order valence-electron chi connectivity index (χ2n) is 10.0. The molecule has 12 nitrogen and oxygen atoms in total. The normalized spacial score (nSPS) is 12.2. The summed E-state index contributed by atoms with van der Waals surface area (Å²) in [6.07, 6.45) is -4.39. The summed E-state index contributed by atoms with van der Waals surface area (Å²) in [5.41, 5.74) is 30.7. The molecular weight excluding hydrogens is 607 g/mol. The predicted octanol–water partition coefficient (Wildman–Crippen LogP) is 1.87. The number of primary amides is 2. The molecular formula is C31H36F3N7O5. The van der Waals surface area contributed by atoms with Gasteiger partial charge in [-0.1, -0.05) is 84.9 Å². The maximum atomic E-state index is 14.4. The molecule has 0 aliphatic rings. The Morgan fingerprint density at radius 1 is 0.761 bits per heavy atom. The number of aliphatic carboxylic acids is 1. The lowest BCUT2D eigenvalue weighted by Gasteiger charge is -2.33. The number of alkyl halides is 3. The molecule has 0 aliphatic carbocycles. The first-order chi connectivity index (χ1) is 21.6. The van der Waals surface area contributed by atoms with E-state index in [1.165, 1.54) is 4.90 Å². The predicted molar refractivity (Wildman–Crippen MR) is 164 cm³/mol. The Balaban J connectivity index is 0.000000942. The van der Waals surface area contributed by atoms with Gasteiger partial charge in [-0.15, -0.1) is 0 Å². The van der Waals surface area contributed by atoms with Gasteiger partial charge in [-0.3, -0.25) is 19.4 Å². The third-order valence-electron chi connectivity index (χ3n) is 6.67. The van der Waals surface area contributed by atoms with Gasteiger partial charge in [0.1, 0.15) is 12.1 Å². The largest absolute Gasteiger partial charge is 0.490 e. The topological polar surface area (TPSA) is 234 Å². The summed E-state index contributed by atoms with van der Waals surface area (Å²) in [7, 11) is 0. The van der Waals surface area contributed by atoms with Crippen molar-refractivity contribution in [3.8, 4) is 0 Å². The number of amides is 3. The van der Waals surface area contributed by atoms with E-state index < -0.39 is 42.0 Å². The Bertz CT molecular complexity index is 1440. The number of rotatable bonds is 13. The summed E-state index contributed by atoms with van der Waals surface area (Å²) in [5, 5.41) is 7.12. The van der Waals surface area contributed by atoms with Gasteiger partial charge in [-0.05, 0) is 35.1 Å². The Morgan fingerprint density at radius 2 is 1.24 bits per heavy atom. The first kappa shape index (κ1) is 36.8. The van der Waals surface area contributed by atoms with Crippen LogP contribution in [0.3, 0.4) is 0 Å². The van der Waals surface area contributed by atoms with Crippen LogP contribution in [-0.4, -0.2) is 58.4 Å². The molecule has 0 radical (unpaired) electrons. The van der Waals surface area contributed by atoms with Crippen LogP contribution < -0.4 is 28.7 Å². The van der Waals surface area contributed by atoms with Crippen LogP contribution in [0.4, 0.5) is 13.2 Å². The molecule has 11 N–H and O–H groups in total. The molecule has 46 heavy (non-hydrogen) atoms. The van der Waals surface area contributed by atoms with E-state index in [-0.39, 0.29) is 31.4 Å². The fourth-order valence-electron chi connectivity index (χ4n) is 4.41. The summed E-state index contributed by atoms with van der Waals surface area (Å²) >= 11 is 0. The number of carboxylic acid groups (broad SMARTS) is 1. The van der Waals surface area contributed by atoms with Gasteiger partial charge in [0.25, 0.3) is 0 Å². The zero-order valence-corrected chi connectivity index (χ0v) is 24.6. The molecule has 3 aromatic rings. The molecule has 0 spiro atoms. The van der Waals surface area contributed by atoms with E-state index in [1.807, 2.05) is 60.7 Å². The fourth-order valence-corrected chi connectivity index (χ4v) is 4.41. The van der Waals surface area contributed by atoms with Gasteiger partial charge in [0, 0.05) is 13.1 Å². The second-order valence-corrected chi connectivity index (χ2v) is 10.0. The quantitative estimate of drug-likeness (QED) is 0.0911. The van der Waals surface area contributed by atoms with Crippen molar-refractivity contribution in [1.29, 1.82) is 0 Å². The lowest BCUT2D eigenvalue weighted by Crippen LogP contribution is -2.49. The smallest absolute Gasteiger partial charge is 0.475 e. The molecule has 0 fully saturated rings. The third kappa shape index (κ3) is 11.2. The van der Waals surface area contributed by atoms with Gasteiger partial charge in [-0.2, -0.15) is 13.2 Å². The van der Waals surface area contributed by atoms with Crippen molar-refractivity contribution < 1.29 is 37.5 Å². The lowest BCUT2D eigenvalue weighted by molar-refractivity contribution is -0.192. The van der Waals surface area contributed by atoms with Gasteiger partial charge in [-0.25, -0.2) is 4.79 Å². The lowest BCUT2D eigenvalue weighted by atomic mass is 9.89. The van der Waals surface area contributed by atoms with E-state index in [0.717, 1.165) is 16.7 Å². The number of guanidine groups is 1. The molecule has 3 amide bonds. The van der Waals surface area contributed by atoms with Gasteiger partial charge < -0.3 is 38.7 Å². The summed E-state index contributed by atoms with van der Waals surface area (Å²) in [6.45, 7) is 0.381. The standard InChI is InChI=1S/C29H35N7O3.C2HF3O2/c30-25(27(32)38)22-15-13-19(14-16-22)18-36(23(26(31)37)12-7-17-35-29(33)34)28(39)24(20-8-3-1-4-9-20)21-10-5-2-6-11-21;3-2(4,5)1(6)7/h1-6,8-11,13-16,23-25H,7,12,17-18,30H2,(H2,31,37)(H2,32,38)(H4,33,34,35);(H,6,7)/t23-,25?;/m1./s1. The molecule has 0 saturated heterocycles. The summed E-state index contributed by atoms with van der Waals surface area (Å²) in [6, 6.07) is 23.7. The molecule has 0 saturated carbocycles. The summed E-state index contributed by atoms with van der Waals surface area (Å²) in [5.74, 6) is -5.05. The first-order valence-electron chi connectivity index (χ1n) is 13.8. The number of carboxylic acids is 1. The number of halogens is 3. The van der Waals surface area contributed by atoms with Crippen LogP contribution in [0.15, 0.2) is 89.9 Å². The highest BCUT2D eigenvalue weighted by Crippen LogP contribution is 2.29. The number of hydrogen-bond donors (Lipinski definition) is 6. The van der Waals surface area contributed by atoms with E-state index >= 15 is 0 Å². The Labute approximate surface area is 263 Å². The number of nitrogens with two attached hydrogens (primary N) is 5. The second kappa shape index (κ2) is 17.2. The van der Waals surface area contributed by atoms with E-state index in [0.29, 0.717) is 12.0 Å². The van der Waals surface area contributed by atoms with Crippen LogP contribution >= 0.6 is 0 Å². The minimum atomic E-state index is -5.08. The van der Waals surface area contributed by atoms with E-state index in [1.54, 1.807) is 24.3 Å². The van der Waals surface area contributed by atoms with Crippen molar-refractivity contribution in [2.75, 3.05) is 6.54 Å². The molecule has 246 valence electrons. The number of benzene rings is 3. The number of hydrogen-bond acceptors (Lipinski definition) is 6. The van der Waals surface area contributed by atoms with E-state index in [4.69, 9.17) is 38.6 Å². The van der Waals surface area contributed by atoms with Crippen LogP contribution in [0.2, 0.25) is 0 Å². The zero-order valence-electron chi connectivity index (χ0n) is 24.6. The van der Waals surface area contributed by atoms with Gasteiger partial charge in [0.2, 0.25) is 17.7 Å². The average Bonchev–Trinajstić information content (AvgIpc) is 3.01. The number of carbonyl (C=O) groups is 4. The van der Waals surface area contributed by atoms with Crippen molar-refractivity contribution >= 4 is 29.7 Å². The van der Waals surface area contributed by atoms with Crippen molar-refractivity contribution in [1.82, 2.24) is 4.90 Å². The Kier molecular flexibility index (Phi) is 13.7. The average molecular weight is 644 g/mol. The molecule has 3 rings (SSSR count). The van der Waals surface area contributed by atoms with Crippen LogP contribution in [0.25, 0.3) is 0 Å². The Hall–Kier alpha value is -5.44. The molecule has 0 heterocycles. The van der Waals surface area contributed by atoms with Crippen molar-refractivity contribution in [2.24, 2.45) is 33.7 Å². The summed E-state index contributed by atoms with van der Waals surface area (Å²) < 4.78 is 31.7. The van der Waals surface area contributed by atoms with E-state index in [2.05, 4.69) is 4.99 Å². The fraction of sp³-hybridized carbons (Fsp3) is 0.258. The molecule has 0 aliphatic heterocycles. The summed E-state index contributed by atoms with van der Waals surface area (Å²) in [4.78, 5) is 53.0.